The number of aryl methyl sites for hydroxylation is 1. The van der Waals surface area contributed by atoms with Crippen LogP contribution in [0.4, 0.5) is 5.69 Å². The van der Waals surface area contributed by atoms with Gasteiger partial charge in [0.1, 0.15) is 0 Å². The fourth-order valence-corrected chi connectivity index (χ4v) is 5.98. The van der Waals surface area contributed by atoms with E-state index in [0.29, 0.717) is 20.9 Å². The molecule has 4 rings (SSSR count). The molecule has 0 radical (unpaired) electrons. The lowest BCUT2D eigenvalue weighted by atomic mass is 10.1. The quantitative estimate of drug-likeness (QED) is 0.585. The number of carbonyl (C=O) groups is 1. The average molecular weight is 390 g/mol. The first kappa shape index (κ1) is 16.9. The minimum atomic E-state index is -0.256. The Bertz CT molecular complexity index is 948. The van der Waals surface area contributed by atoms with Gasteiger partial charge in [-0.1, -0.05) is 35.9 Å². The Morgan fingerprint density at radius 1 is 1.20 bits per heavy atom. The van der Waals surface area contributed by atoms with E-state index in [2.05, 4.69) is 11.4 Å². The van der Waals surface area contributed by atoms with E-state index in [1.807, 2.05) is 60.8 Å². The molecule has 1 aliphatic heterocycles. The van der Waals surface area contributed by atoms with Crippen molar-refractivity contribution in [3.63, 3.8) is 0 Å². The van der Waals surface area contributed by atoms with Crippen LogP contribution in [0.15, 0.2) is 46.9 Å². The number of hydrogen-bond donors (Lipinski definition) is 1. The SMILES string of the molecule is Cc1c(C(=O)Nc2cccc(C3SCCS3)c2)oc2c(Cl)cccc12. The number of nitrogens with one attached hydrogen (secondary N) is 1. The molecule has 3 aromatic rings. The van der Waals surface area contributed by atoms with E-state index < -0.39 is 0 Å². The van der Waals surface area contributed by atoms with Gasteiger partial charge in [-0.15, -0.1) is 23.5 Å². The summed E-state index contributed by atoms with van der Waals surface area (Å²) in [5.41, 5.74) is 3.36. The number of para-hydroxylation sites is 1. The van der Waals surface area contributed by atoms with Crippen LogP contribution in [0.3, 0.4) is 0 Å². The Kier molecular flexibility index (Phi) is 4.71. The van der Waals surface area contributed by atoms with E-state index in [4.69, 9.17) is 16.0 Å². The molecule has 1 aromatic heterocycles. The highest BCUT2D eigenvalue weighted by molar-refractivity contribution is 8.19. The third-order valence-electron chi connectivity index (χ3n) is 4.16. The molecule has 6 heteroatoms. The number of thioether (sulfide) groups is 2. The zero-order valence-electron chi connectivity index (χ0n) is 13.5. The molecular weight excluding hydrogens is 374 g/mol. The molecule has 3 nitrogen and oxygen atoms in total. The standard InChI is InChI=1S/C19H16ClNO2S2/c1-11-14-6-3-7-15(20)17(14)23-16(11)18(22)21-13-5-2-4-12(10-13)19-24-8-9-25-19/h2-7,10,19H,8-9H2,1H3,(H,21,22). The number of furan rings is 1. The molecule has 1 aliphatic rings. The third kappa shape index (κ3) is 3.28. The molecule has 2 heterocycles. The zero-order chi connectivity index (χ0) is 17.4. The number of anilines is 1. The van der Waals surface area contributed by atoms with Crippen LogP contribution in [0.5, 0.6) is 0 Å². The van der Waals surface area contributed by atoms with Crippen LogP contribution >= 0.6 is 35.1 Å². The summed E-state index contributed by atoms with van der Waals surface area (Å²) in [7, 11) is 0. The molecule has 0 unspecified atom stereocenters. The lowest BCUT2D eigenvalue weighted by molar-refractivity contribution is 0.0998. The molecule has 1 saturated heterocycles. The number of carbonyl (C=O) groups excluding carboxylic acids is 1. The van der Waals surface area contributed by atoms with Crippen molar-refractivity contribution in [1.82, 2.24) is 0 Å². The maximum absolute atomic E-state index is 12.7. The van der Waals surface area contributed by atoms with Gasteiger partial charge in [0.25, 0.3) is 5.91 Å². The predicted molar refractivity (Wildman–Crippen MR) is 108 cm³/mol. The zero-order valence-corrected chi connectivity index (χ0v) is 15.9. The van der Waals surface area contributed by atoms with E-state index in [9.17, 15) is 4.79 Å². The van der Waals surface area contributed by atoms with Crippen molar-refractivity contribution in [1.29, 1.82) is 0 Å². The Hall–Kier alpha value is -1.56. The molecule has 2 aromatic carbocycles. The summed E-state index contributed by atoms with van der Waals surface area (Å²) in [5.74, 6) is 2.39. The summed E-state index contributed by atoms with van der Waals surface area (Å²) >= 11 is 10.1. The van der Waals surface area contributed by atoms with Crippen LogP contribution in [-0.2, 0) is 0 Å². The smallest absolute Gasteiger partial charge is 0.291 e. The highest BCUT2D eigenvalue weighted by atomic mass is 35.5. The first-order chi connectivity index (χ1) is 12.1. The fraction of sp³-hybridized carbons (Fsp3) is 0.211. The van der Waals surface area contributed by atoms with Gasteiger partial charge in [-0.25, -0.2) is 0 Å². The van der Waals surface area contributed by atoms with Gasteiger partial charge in [-0.05, 0) is 30.7 Å². The monoisotopic (exact) mass is 389 g/mol. The summed E-state index contributed by atoms with van der Waals surface area (Å²) in [6.07, 6.45) is 0. The van der Waals surface area contributed by atoms with Crippen LogP contribution in [0.1, 0.15) is 26.3 Å². The van der Waals surface area contributed by atoms with Gasteiger partial charge < -0.3 is 9.73 Å². The van der Waals surface area contributed by atoms with Crippen LogP contribution in [0.2, 0.25) is 5.02 Å². The predicted octanol–water partition coefficient (Wildman–Crippen LogP) is 6.13. The molecule has 0 atom stereocenters. The van der Waals surface area contributed by atoms with E-state index >= 15 is 0 Å². The van der Waals surface area contributed by atoms with Crippen LogP contribution < -0.4 is 5.32 Å². The highest BCUT2D eigenvalue weighted by Gasteiger charge is 2.21. The molecule has 0 spiro atoms. The Labute approximate surface area is 159 Å². The van der Waals surface area contributed by atoms with E-state index in [1.54, 1.807) is 6.07 Å². The van der Waals surface area contributed by atoms with Crippen molar-refractivity contribution < 1.29 is 9.21 Å². The van der Waals surface area contributed by atoms with Crippen molar-refractivity contribution in [3.05, 3.63) is 64.4 Å². The number of amides is 1. The average Bonchev–Trinajstić information content (AvgIpc) is 3.25. The van der Waals surface area contributed by atoms with Crippen molar-refractivity contribution in [2.75, 3.05) is 16.8 Å². The Morgan fingerprint density at radius 2 is 1.96 bits per heavy atom. The van der Waals surface area contributed by atoms with Crippen molar-refractivity contribution in [3.8, 4) is 0 Å². The minimum Gasteiger partial charge on any atom is -0.449 e. The molecule has 0 bridgehead atoms. The third-order valence-corrected chi connectivity index (χ3v) is 7.56. The van der Waals surface area contributed by atoms with Gasteiger partial charge in [-0.3, -0.25) is 4.79 Å². The summed E-state index contributed by atoms with van der Waals surface area (Å²) < 4.78 is 6.19. The largest absolute Gasteiger partial charge is 0.449 e. The normalized spacial score (nSPS) is 15.0. The first-order valence-corrected chi connectivity index (χ1v) is 10.4. The molecular formula is C19H16ClNO2S2. The lowest BCUT2D eigenvalue weighted by Gasteiger charge is -2.10. The highest BCUT2D eigenvalue weighted by Crippen LogP contribution is 2.45. The first-order valence-electron chi connectivity index (χ1n) is 7.95. The number of halogens is 1. The van der Waals surface area contributed by atoms with Gasteiger partial charge in [0.05, 0.1) is 9.60 Å². The molecule has 1 N–H and O–H groups in total. The lowest BCUT2D eigenvalue weighted by Crippen LogP contribution is -2.12. The van der Waals surface area contributed by atoms with Crippen molar-refractivity contribution in [2.24, 2.45) is 0 Å². The summed E-state index contributed by atoms with van der Waals surface area (Å²) in [6.45, 7) is 1.87. The number of benzene rings is 2. The second-order valence-corrected chi connectivity index (χ2v) is 8.96. The Balaban J connectivity index is 1.61. The summed E-state index contributed by atoms with van der Waals surface area (Å²) in [4.78, 5) is 12.7. The number of rotatable bonds is 3. The molecule has 0 aliphatic carbocycles. The maximum atomic E-state index is 12.7. The van der Waals surface area contributed by atoms with Gasteiger partial charge >= 0.3 is 0 Å². The molecule has 1 fully saturated rings. The molecule has 25 heavy (non-hydrogen) atoms. The van der Waals surface area contributed by atoms with Gasteiger partial charge in [0.15, 0.2) is 11.3 Å². The van der Waals surface area contributed by atoms with Gasteiger partial charge in [0, 0.05) is 28.1 Å². The number of fused-ring (bicyclic) bond motifs is 1. The van der Waals surface area contributed by atoms with Crippen LogP contribution in [0, 0.1) is 6.92 Å². The van der Waals surface area contributed by atoms with E-state index in [-0.39, 0.29) is 5.91 Å². The van der Waals surface area contributed by atoms with Crippen molar-refractivity contribution in [2.45, 2.75) is 11.5 Å². The van der Waals surface area contributed by atoms with Gasteiger partial charge in [0.2, 0.25) is 0 Å². The number of hydrogen-bond acceptors (Lipinski definition) is 4. The van der Waals surface area contributed by atoms with Crippen LogP contribution in [0.25, 0.3) is 11.0 Å². The summed E-state index contributed by atoms with van der Waals surface area (Å²) in [5, 5.41) is 4.33. The molecule has 128 valence electrons. The van der Waals surface area contributed by atoms with E-state index in [1.165, 1.54) is 17.1 Å². The van der Waals surface area contributed by atoms with Crippen LogP contribution in [-0.4, -0.2) is 17.4 Å². The second-order valence-electron chi connectivity index (χ2n) is 5.83. The second kappa shape index (κ2) is 6.98. The van der Waals surface area contributed by atoms with Crippen molar-refractivity contribution >= 4 is 57.7 Å². The Morgan fingerprint density at radius 3 is 2.72 bits per heavy atom. The van der Waals surface area contributed by atoms with E-state index in [0.717, 1.165) is 16.6 Å². The topological polar surface area (TPSA) is 42.2 Å². The molecule has 1 amide bonds. The minimum absolute atomic E-state index is 0.256. The summed E-state index contributed by atoms with van der Waals surface area (Å²) in [6, 6.07) is 13.6. The molecule has 0 saturated carbocycles. The fourth-order valence-electron chi connectivity index (χ4n) is 2.93. The van der Waals surface area contributed by atoms with Gasteiger partial charge in [-0.2, -0.15) is 0 Å². The maximum Gasteiger partial charge on any atom is 0.291 e.